The molecular weight excluding hydrogens is 333 g/mol. The second kappa shape index (κ2) is 8.11. The number of rotatable bonds is 9. The first kappa shape index (κ1) is 20.6. The maximum atomic E-state index is 12.7. The predicted molar refractivity (Wildman–Crippen MR) is 80.2 cm³/mol. The minimum absolute atomic E-state index is 0.128. The summed E-state index contributed by atoms with van der Waals surface area (Å²) in [5.41, 5.74) is 6.11. The van der Waals surface area contributed by atoms with Crippen LogP contribution < -0.4 is 10.5 Å². The number of halogens is 5. The Hall–Kier alpha value is -1.41. The molecule has 0 radical (unpaired) electrons. The molecule has 0 saturated carbocycles. The van der Waals surface area contributed by atoms with E-state index in [9.17, 15) is 22.0 Å². The van der Waals surface area contributed by atoms with E-state index in [-0.39, 0.29) is 13.2 Å². The van der Waals surface area contributed by atoms with Crippen LogP contribution in [0.25, 0.3) is 0 Å². The third-order valence-corrected chi connectivity index (χ3v) is 3.59. The first-order valence-corrected chi connectivity index (χ1v) is 7.53. The molecule has 0 heterocycles. The second-order valence-corrected chi connectivity index (χ2v) is 6.11. The van der Waals surface area contributed by atoms with Gasteiger partial charge in [-0.1, -0.05) is 12.1 Å². The summed E-state index contributed by atoms with van der Waals surface area (Å²) in [6.45, 7) is 1.38. The van der Waals surface area contributed by atoms with Gasteiger partial charge in [-0.25, -0.2) is 0 Å². The van der Waals surface area contributed by atoms with Gasteiger partial charge in [0.15, 0.2) is 0 Å². The molecule has 0 aliphatic rings. The first-order chi connectivity index (χ1) is 11.0. The summed E-state index contributed by atoms with van der Waals surface area (Å²) in [6, 6.07) is 6.74. The van der Waals surface area contributed by atoms with Crippen LogP contribution in [-0.4, -0.2) is 36.0 Å². The van der Waals surface area contributed by atoms with Crippen LogP contribution in [0.4, 0.5) is 22.0 Å². The average molecular weight is 355 g/mol. The molecule has 24 heavy (non-hydrogen) atoms. The van der Waals surface area contributed by atoms with Gasteiger partial charge in [0, 0.05) is 12.0 Å². The monoisotopic (exact) mass is 355 g/mol. The molecule has 0 spiro atoms. The van der Waals surface area contributed by atoms with Gasteiger partial charge in [0.25, 0.3) is 0 Å². The Kier molecular flexibility index (Phi) is 6.97. The van der Waals surface area contributed by atoms with Crippen molar-refractivity contribution in [2.24, 2.45) is 5.73 Å². The molecule has 1 rings (SSSR count). The zero-order valence-corrected chi connectivity index (χ0v) is 13.4. The lowest BCUT2D eigenvalue weighted by atomic mass is 9.95. The topological polar surface area (TPSA) is 55.5 Å². The lowest BCUT2D eigenvalue weighted by molar-refractivity contribution is -0.284. The Balaban J connectivity index is 2.38. The number of aryl methyl sites for hydroxylation is 1. The minimum atomic E-state index is -5.53. The molecule has 0 aromatic heterocycles. The van der Waals surface area contributed by atoms with E-state index in [1.165, 1.54) is 0 Å². The molecule has 3 N–H and O–H groups in total. The number of benzene rings is 1. The van der Waals surface area contributed by atoms with Crippen LogP contribution in [0.1, 0.15) is 31.7 Å². The second-order valence-electron chi connectivity index (χ2n) is 6.11. The first-order valence-electron chi connectivity index (χ1n) is 7.53. The fraction of sp³-hybridized carbons (Fsp3) is 0.625. The zero-order chi connectivity index (χ0) is 18.4. The van der Waals surface area contributed by atoms with Gasteiger partial charge < -0.3 is 15.6 Å². The van der Waals surface area contributed by atoms with Crippen LogP contribution in [0, 0.1) is 0 Å². The van der Waals surface area contributed by atoms with Crippen LogP contribution >= 0.6 is 0 Å². The van der Waals surface area contributed by atoms with Crippen molar-refractivity contribution in [3.8, 4) is 5.75 Å². The lowest BCUT2D eigenvalue weighted by Crippen LogP contribution is -2.40. The number of alkyl halides is 5. The standard InChI is InChI=1S/C16H22F5NO2/c1-14(22,11-23)9-7-12-3-5-13(6-4-12)24-10-2-8-15(17,18)16(19,20)21/h3-6,23H,2,7-11,22H2,1H3. The van der Waals surface area contributed by atoms with Crippen molar-refractivity contribution in [3.05, 3.63) is 29.8 Å². The maximum Gasteiger partial charge on any atom is 0.453 e. The van der Waals surface area contributed by atoms with E-state index < -0.39 is 30.5 Å². The summed E-state index contributed by atoms with van der Waals surface area (Å²) in [5, 5.41) is 9.08. The molecule has 0 saturated heterocycles. The summed E-state index contributed by atoms with van der Waals surface area (Å²) in [4.78, 5) is 0. The Bertz CT molecular complexity index is 500. The molecule has 3 nitrogen and oxygen atoms in total. The van der Waals surface area contributed by atoms with Gasteiger partial charge in [0.05, 0.1) is 13.2 Å². The normalized spacial score (nSPS) is 15.2. The number of nitrogens with two attached hydrogens (primary N) is 1. The predicted octanol–water partition coefficient (Wildman–Crippen LogP) is 3.69. The number of aliphatic hydroxyl groups is 1. The molecule has 0 amide bonds. The van der Waals surface area contributed by atoms with E-state index in [1.807, 2.05) is 0 Å². The van der Waals surface area contributed by atoms with E-state index in [2.05, 4.69) is 0 Å². The molecule has 0 fully saturated rings. The number of ether oxygens (including phenoxy) is 1. The van der Waals surface area contributed by atoms with E-state index in [0.29, 0.717) is 18.6 Å². The highest BCUT2D eigenvalue weighted by molar-refractivity contribution is 5.27. The SMILES string of the molecule is CC(N)(CO)CCc1ccc(OCCCC(F)(F)C(F)(F)F)cc1. The van der Waals surface area contributed by atoms with E-state index in [1.54, 1.807) is 31.2 Å². The number of hydrogen-bond donors (Lipinski definition) is 2. The van der Waals surface area contributed by atoms with E-state index >= 15 is 0 Å². The van der Waals surface area contributed by atoms with Crippen molar-refractivity contribution in [2.45, 2.75) is 50.2 Å². The van der Waals surface area contributed by atoms with Gasteiger partial charge in [0.1, 0.15) is 5.75 Å². The van der Waals surface area contributed by atoms with Crippen molar-refractivity contribution in [3.63, 3.8) is 0 Å². The number of hydrogen-bond acceptors (Lipinski definition) is 3. The van der Waals surface area contributed by atoms with Gasteiger partial charge in [0.2, 0.25) is 0 Å². The summed E-state index contributed by atoms with van der Waals surface area (Å²) in [5.74, 6) is -4.30. The molecule has 1 aromatic carbocycles. The minimum Gasteiger partial charge on any atom is -0.494 e. The zero-order valence-electron chi connectivity index (χ0n) is 13.4. The van der Waals surface area contributed by atoms with Crippen LogP contribution in [-0.2, 0) is 6.42 Å². The highest BCUT2D eigenvalue weighted by Crippen LogP contribution is 2.38. The highest BCUT2D eigenvalue weighted by atomic mass is 19.4. The highest BCUT2D eigenvalue weighted by Gasteiger charge is 2.56. The van der Waals surface area contributed by atoms with Crippen molar-refractivity contribution < 1.29 is 31.8 Å². The summed E-state index contributed by atoms with van der Waals surface area (Å²) in [7, 11) is 0. The molecule has 0 aliphatic heterocycles. The molecule has 1 atom stereocenters. The van der Waals surface area contributed by atoms with Gasteiger partial charge in [-0.2, -0.15) is 22.0 Å². The summed E-state index contributed by atoms with van der Waals surface area (Å²) >= 11 is 0. The third-order valence-electron chi connectivity index (χ3n) is 3.59. The van der Waals surface area contributed by atoms with Gasteiger partial charge in [-0.3, -0.25) is 0 Å². The fourth-order valence-corrected chi connectivity index (χ4v) is 1.89. The molecular formula is C16H22F5NO2. The molecule has 1 unspecified atom stereocenters. The van der Waals surface area contributed by atoms with Gasteiger partial charge in [-0.05, 0) is 43.9 Å². The Morgan fingerprint density at radius 3 is 2.12 bits per heavy atom. The van der Waals surface area contributed by atoms with Crippen molar-refractivity contribution in [1.29, 1.82) is 0 Å². The Morgan fingerprint density at radius 2 is 1.62 bits per heavy atom. The molecule has 0 aliphatic carbocycles. The number of aliphatic hydroxyl groups excluding tert-OH is 1. The molecule has 8 heteroatoms. The van der Waals surface area contributed by atoms with E-state index in [4.69, 9.17) is 15.6 Å². The lowest BCUT2D eigenvalue weighted by Gasteiger charge is -2.21. The van der Waals surface area contributed by atoms with Gasteiger partial charge >= 0.3 is 12.1 Å². The Morgan fingerprint density at radius 1 is 1.04 bits per heavy atom. The summed E-state index contributed by atoms with van der Waals surface area (Å²) < 4.78 is 66.6. The average Bonchev–Trinajstić information content (AvgIpc) is 2.50. The van der Waals surface area contributed by atoms with Crippen LogP contribution in [0.15, 0.2) is 24.3 Å². The molecule has 138 valence electrons. The van der Waals surface area contributed by atoms with Crippen molar-refractivity contribution >= 4 is 0 Å². The van der Waals surface area contributed by atoms with Crippen molar-refractivity contribution in [1.82, 2.24) is 0 Å². The van der Waals surface area contributed by atoms with E-state index in [0.717, 1.165) is 5.56 Å². The molecule has 1 aromatic rings. The Labute approximate surface area is 137 Å². The summed E-state index contributed by atoms with van der Waals surface area (Å²) in [6.07, 6.45) is -6.01. The van der Waals surface area contributed by atoms with Crippen molar-refractivity contribution in [2.75, 3.05) is 13.2 Å². The van der Waals surface area contributed by atoms with Gasteiger partial charge in [-0.15, -0.1) is 0 Å². The van der Waals surface area contributed by atoms with Crippen LogP contribution in [0.3, 0.4) is 0 Å². The van der Waals surface area contributed by atoms with Crippen LogP contribution in [0.5, 0.6) is 5.75 Å². The largest absolute Gasteiger partial charge is 0.494 e. The smallest absolute Gasteiger partial charge is 0.453 e. The third kappa shape index (κ3) is 6.60. The van der Waals surface area contributed by atoms with Crippen LogP contribution in [0.2, 0.25) is 0 Å². The maximum absolute atomic E-state index is 12.7. The fourth-order valence-electron chi connectivity index (χ4n) is 1.89. The molecule has 0 bridgehead atoms. The quantitative estimate of drug-likeness (QED) is 0.525.